The van der Waals surface area contributed by atoms with Crippen molar-refractivity contribution in [1.82, 2.24) is 10.3 Å². The van der Waals surface area contributed by atoms with E-state index in [1.807, 2.05) is 32.9 Å². The van der Waals surface area contributed by atoms with Gasteiger partial charge in [-0.3, -0.25) is 14.6 Å². The number of anilines is 1. The van der Waals surface area contributed by atoms with E-state index < -0.39 is 0 Å². The number of nitrogens with zero attached hydrogens (tertiary/aromatic N) is 1. The molecule has 1 heterocycles. The predicted molar refractivity (Wildman–Crippen MR) is 98.3 cm³/mol. The minimum absolute atomic E-state index is 0.0775. The Labute approximate surface area is 150 Å². The van der Waals surface area contributed by atoms with Gasteiger partial charge >= 0.3 is 0 Å². The normalized spacial score (nSPS) is 11.7. The van der Waals surface area contributed by atoms with E-state index in [9.17, 15) is 9.59 Å². The van der Waals surface area contributed by atoms with Crippen LogP contribution in [-0.4, -0.2) is 22.8 Å². The fraction of sp³-hybridized carbons (Fsp3) is 0.278. The molecule has 0 bridgehead atoms. The predicted octanol–water partition coefficient (Wildman–Crippen LogP) is 3.93. The van der Waals surface area contributed by atoms with Gasteiger partial charge in [-0.05, 0) is 56.2 Å². The lowest BCUT2D eigenvalue weighted by molar-refractivity contribution is 0.0939. The molecule has 0 spiro atoms. The van der Waals surface area contributed by atoms with Gasteiger partial charge in [0, 0.05) is 28.0 Å². The number of aromatic nitrogens is 1. The minimum atomic E-state index is -0.352. The maximum Gasteiger partial charge on any atom is 0.274 e. The zero-order valence-electron chi connectivity index (χ0n) is 13.9. The summed E-state index contributed by atoms with van der Waals surface area (Å²) < 4.78 is 0.974. The van der Waals surface area contributed by atoms with E-state index in [4.69, 9.17) is 0 Å². The first kappa shape index (κ1) is 18.1. The Morgan fingerprint density at radius 2 is 1.96 bits per heavy atom. The molecule has 1 unspecified atom stereocenters. The summed E-state index contributed by atoms with van der Waals surface area (Å²) in [5, 5.41) is 5.66. The Morgan fingerprint density at radius 3 is 2.62 bits per heavy atom. The van der Waals surface area contributed by atoms with Crippen molar-refractivity contribution in [2.45, 2.75) is 33.2 Å². The van der Waals surface area contributed by atoms with Gasteiger partial charge in [-0.1, -0.05) is 22.9 Å². The van der Waals surface area contributed by atoms with Crippen molar-refractivity contribution in [3.05, 3.63) is 57.8 Å². The Morgan fingerprint density at radius 1 is 1.21 bits per heavy atom. The number of halogens is 1. The van der Waals surface area contributed by atoms with Crippen LogP contribution in [0.25, 0.3) is 0 Å². The van der Waals surface area contributed by atoms with Crippen LogP contribution in [0, 0.1) is 6.92 Å². The third kappa shape index (κ3) is 4.64. The number of hydrogen-bond donors (Lipinski definition) is 2. The van der Waals surface area contributed by atoms with Gasteiger partial charge in [0.25, 0.3) is 11.8 Å². The van der Waals surface area contributed by atoms with E-state index in [1.54, 1.807) is 12.1 Å². The van der Waals surface area contributed by atoms with Crippen molar-refractivity contribution in [3.63, 3.8) is 0 Å². The second-order valence-electron chi connectivity index (χ2n) is 5.63. The number of pyridine rings is 1. The molecule has 2 amide bonds. The van der Waals surface area contributed by atoms with Crippen molar-refractivity contribution in [1.29, 1.82) is 0 Å². The number of aryl methyl sites for hydroxylation is 1. The summed E-state index contributed by atoms with van der Waals surface area (Å²) in [4.78, 5) is 28.6. The minimum Gasteiger partial charge on any atom is -0.350 e. The monoisotopic (exact) mass is 389 g/mol. The number of hydrogen-bond acceptors (Lipinski definition) is 3. The Kier molecular flexibility index (Phi) is 6.09. The average Bonchev–Trinajstić information content (AvgIpc) is 2.58. The molecule has 2 rings (SSSR count). The molecule has 2 aromatic rings. The van der Waals surface area contributed by atoms with Crippen molar-refractivity contribution in [3.8, 4) is 0 Å². The lowest BCUT2D eigenvalue weighted by Crippen LogP contribution is -2.32. The summed E-state index contributed by atoms with van der Waals surface area (Å²) >= 11 is 3.42. The molecule has 1 aromatic heterocycles. The zero-order valence-corrected chi connectivity index (χ0v) is 15.5. The van der Waals surface area contributed by atoms with Crippen molar-refractivity contribution < 1.29 is 9.59 Å². The Hall–Kier alpha value is -2.21. The standard InChI is InChI=1S/C18H20BrN3O2/c1-4-12(3)21-17(23)13-7-8-20-16(10-13)18(24)22-14-5-6-15(19)11(2)9-14/h5-10,12H,4H2,1-3H3,(H,21,23)(H,22,24). The number of nitrogens with one attached hydrogen (secondary N) is 2. The summed E-state index contributed by atoms with van der Waals surface area (Å²) in [6, 6.07) is 8.70. The quantitative estimate of drug-likeness (QED) is 0.813. The maximum atomic E-state index is 12.3. The molecule has 0 radical (unpaired) electrons. The van der Waals surface area contributed by atoms with Crippen LogP contribution in [0.3, 0.4) is 0 Å². The van der Waals surface area contributed by atoms with E-state index in [2.05, 4.69) is 31.5 Å². The molecule has 0 aliphatic rings. The average molecular weight is 390 g/mol. The van der Waals surface area contributed by atoms with Crippen LogP contribution in [-0.2, 0) is 0 Å². The van der Waals surface area contributed by atoms with Gasteiger partial charge in [0.1, 0.15) is 5.69 Å². The molecular formula is C18H20BrN3O2. The number of amides is 2. The second kappa shape index (κ2) is 8.06. The summed E-state index contributed by atoms with van der Waals surface area (Å²) in [5.74, 6) is -0.560. The molecule has 0 fully saturated rings. The van der Waals surface area contributed by atoms with Gasteiger partial charge in [0.15, 0.2) is 0 Å². The molecule has 5 nitrogen and oxygen atoms in total. The molecule has 1 aromatic carbocycles. The third-order valence-corrected chi connectivity index (χ3v) is 4.55. The number of rotatable bonds is 5. The molecule has 2 N–H and O–H groups in total. The van der Waals surface area contributed by atoms with Gasteiger partial charge in [-0.25, -0.2) is 0 Å². The van der Waals surface area contributed by atoms with E-state index in [0.717, 1.165) is 16.5 Å². The summed E-state index contributed by atoms with van der Waals surface area (Å²) in [7, 11) is 0. The van der Waals surface area contributed by atoms with Gasteiger partial charge < -0.3 is 10.6 Å². The Bertz CT molecular complexity index is 762. The number of carbonyl (C=O) groups excluding carboxylic acids is 2. The first-order valence-electron chi connectivity index (χ1n) is 7.75. The van der Waals surface area contributed by atoms with Crippen LogP contribution in [0.2, 0.25) is 0 Å². The first-order valence-corrected chi connectivity index (χ1v) is 8.54. The van der Waals surface area contributed by atoms with Crippen LogP contribution in [0.5, 0.6) is 0 Å². The second-order valence-corrected chi connectivity index (χ2v) is 6.48. The number of benzene rings is 1. The van der Waals surface area contributed by atoms with Crippen LogP contribution in [0.4, 0.5) is 5.69 Å². The highest BCUT2D eigenvalue weighted by atomic mass is 79.9. The van der Waals surface area contributed by atoms with E-state index in [-0.39, 0.29) is 23.6 Å². The van der Waals surface area contributed by atoms with Gasteiger partial charge in [-0.2, -0.15) is 0 Å². The highest BCUT2D eigenvalue weighted by molar-refractivity contribution is 9.10. The topological polar surface area (TPSA) is 71.1 Å². The fourth-order valence-electron chi connectivity index (χ4n) is 2.02. The van der Waals surface area contributed by atoms with Crippen molar-refractivity contribution in [2.75, 3.05) is 5.32 Å². The van der Waals surface area contributed by atoms with E-state index in [0.29, 0.717) is 11.3 Å². The Balaban J connectivity index is 2.13. The highest BCUT2D eigenvalue weighted by Gasteiger charge is 2.13. The zero-order chi connectivity index (χ0) is 17.7. The largest absolute Gasteiger partial charge is 0.350 e. The van der Waals surface area contributed by atoms with E-state index >= 15 is 0 Å². The molecule has 0 saturated carbocycles. The molecule has 0 aliphatic heterocycles. The maximum absolute atomic E-state index is 12.3. The highest BCUT2D eigenvalue weighted by Crippen LogP contribution is 2.20. The molecule has 1 atom stereocenters. The lowest BCUT2D eigenvalue weighted by atomic mass is 10.1. The molecular weight excluding hydrogens is 370 g/mol. The van der Waals surface area contributed by atoms with Crippen LogP contribution in [0.1, 0.15) is 46.7 Å². The third-order valence-electron chi connectivity index (χ3n) is 3.66. The fourth-order valence-corrected chi connectivity index (χ4v) is 2.27. The van der Waals surface area contributed by atoms with Crippen molar-refractivity contribution >= 4 is 33.4 Å². The van der Waals surface area contributed by atoms with Crippen molar-refractivity contribution in [2.24, 2.45) is 0 Å². The molecule has 24 heavy (non-hydrogen) atoms. The summed E-state index contributed by atoms with van der Waals surface area (Å²) in [5.41, 5.74) is 2.31. The lowest BCUT2D eigenvalue weighted by Gasteiger charge is -2.12. The summed E-state index contributed by atoms with van der Waals surface area (Å²) in [6.07, 6.45) is 2.31. The molecule has 0 saturated heterocycles. The SMILES string of the molecule is CCC(C)NC(=O)c1ccnc(C(=O)Nc2ccc(Br)c(C)c2)c1. The number of carbonyl (C=O) groups is 2. The van der Waals surface area contributed by atoms with E-state index in [1.165, 1.54) is 12.3 Å². The molecule has 6 heteroatoms. The van der Waals surface area contributed by atoms with Gasteiger partial charge in [0.2, 0.25) is 0 Å². The first-order chi connectivity index (χ1) is 11.4. The molecule has 126 valence electrons. The molecule has 0 aliphatic carbocycles. The van der Waals surface area contributed by atoms with Crippen LogP contribution < -0.4 is 10.6 Å². The van der Waals surface area contributed by atoms with Gasteiger partial charge in [0.05, 0.1) is 0 Å². The van der Waals surface area contributed by atoms with Gasteiger partial charge in [-0.15, -0.1) is 0 Å². The smallest absolute Gasteiger partial charge is 0.274 e. The summed E-state index contributed by atoms with van der Waals surface area (Å²) in [6.45, 7) is 5.87. The van der Waals surface area contributed by atoms with Crippen LogP contribution >= 0.6 is 15.9 Å². The van der Waals surface area contributed by atoms with Crippen LogP contribution in [0.15, 0.2) is 41.0 Å².